The molecule has 0 bridgehead atoms. The molecule has 1 saturated carbocycles. The van der Waals surface area contributed by atoms with Crippen LogP contribution in [0.25, 0.3) is 16.0 Å². The number of piperidine rings is 1. The molecule has 2 fully saturated rings. The van der Waals surface area contributed by atoms with Crippen molar-refractivity contribution in [1.82, 2.24) is 24.8 Å². The first-order chi connectivity index (χ1) is 17.0. The largest absolute Gasteiger partial charge is 0.412 e. The van der Waals surface area contributed by atoms with E-state index in [-0.39, 0.29) is 11.9 Å². The standard InChI is InChI=1S/C26H25N5O3S/c1-15-6-5-7-17(10-15)24-23(29-16(2)35-24)25(32)30-14-18-11-19(18)21(30)12-27-26(33)34-22-13-28-31-9-4-3-8-20(22)31/h3-10,13,18-19,21H,11-12,14H2,1-2H3,(H,27,33)/t18-,19-,21+/m0/s1. The Bertz CT molecular complexity index is 1440. The minimum atomic E-state index is -0.551. The molecule has 3 atom stereocenters. The molecule has 3 aromatic heterocycles. The van der Waals surface area contributed by atoms with Gasteiger partial charge in [0.05, 0.1) is 22.1 Å². The van der Waals surface area contributed by atoms with Crippen LogP contribution in [-0.4, -0.2) is 50.6 Å². The van der Waals surface area contributed by atoms with Crippen molar-refractivity contribution in [3.63, 3.8) is 0 Å². The van der Waals surface area contributed by atoms with Crippen LogP contribution in [0.15, 0.2) is 54.9 Å². The van der Waals surface area contributed by atoms with Gasteiger partial charge >= 0.3 is 6.09 Å². The number of hydrogen-bond acceptors (Lipinski definition) is 6. The smallest absolute Gasteiger partial charge is 0.406 e. The van der Waals surface area contributed by atoms with E-state index < -0.39 is 6.09 Å². The molecule has 0 spiro atoms. The van der Waals surface area contributed by atoms with E-state index in [1.807, 2.05) is 55.1 Å². The number of benzene rings is 1. The molecule has 4 aromatic rings. The molecule has 1 aliphatic heterocycles. The number of likely N-dealkylation sites (tertiary alicyclic amines) is 1. The number of rotatable bonds is 5. The summed E-state index contributed by atoms with van der Waals surface area (Å²) in [7, 11) is 0. The van der Waals surface area contributed by atoms with E-state index in [4.69, 9.17) is 4.74 Å². The first-order valence-electron chi connectivity index (χ1n) is 11.7. The normalized spacial score (nSPS) is 20.6. The summed E-state index contributed by atoms with van der Waals surface area (Å²) in [5.74, 6) is 1.22. The summed E-state index contributed by atoms with van der Waals surface area (Å²) < 4.78 is 7.15. The zero-order chi connectivity index (χ0) is 24.1. The van der Waals surface area contributed by atoms with Crippen molar-refractivity contribution in [2.24, 2.45) is 11.8 Å². The molecule has 0 radical (unpaired) electrons. The Balaban J connectivity index is 1.17. The Morgan fingerprint density at radius 1 is 1.20 bits per heavy atom. The van der Waals surface area contributed by atoms with Crippen molar-refractivity contribution in [1.29, 1.82) is 0 Å². The third-order valence-corrected chi connectivity index (χ3v) is 7.85. The lowest BCUT2D eigenvalue weighted by atomic mass is 10.1. The molecule has 0 unspecified atom stereocenters. The predicted octanol–water partition coefficient (Wildman–Crippen LogP) is 4.32. The third-order valence-electron chi connectivity index (χ3n) is 6.83. The van der Waals surface area contributed by atoms with Crippen molar-refractivity contribution in [3.8, 4) is 16.2 Å². The second kappa shape index (κ2) is 8.49. The molecular formula is C26H25N5O3S. The van der Waals surface area contributed by atoms with Gasteiger partial charge in [0.15, 0.2) is 5.75 Å². The predicted molar refractivity (Wildman–Crippen MR) is 133 cm³/mol. The van der Waals surface area contributed by atoms with Crippen LogP contribution in [0.1, 0.15) is 27.5 Å². The number of nitrogens with one attached hydrogen (secondary N) is 1. The molecule has 1 aliphatic carbocycles. The van der Waals surface area contributed by atoms with E-state index in [0.29, 0.717) is 41.9 Å². The number of aromatic nitrogens is 3. The number of amides is 2. The van der Waals surface area contributed by atoms with Crippen LogP contribution in [0.4, 0.5) is 4.79 Å². The number of ether oxygens (including phenoxy) is 1. The Morgan fingerprint density at radius 3 is 2.94 bits per heavy atom. The SMILES string of the molecule is Cc1cccc(-c2sc(C)nc2C(=O)N2C[C@@H]3C[C@@H]3[C@H]2CNC(=O)Oc2cnn3ccccc23)c1. The van der Waals surface area contributed by atoms with Crippen molar-refractivity contribution in [2.75, 3.05) is 13.1 Å². The zero-order valence-corrected chi connectivity index (χ0v) is 20.3. The number of thiazole rings is 1. The van der Waals surface area contributed by atoms with E-state index in [1.165, 1.54) is 6.20 Å². The van der Waals surface area contributed by atoms with Crippen molar-refractivity contribution in [2.45, 2.75) is 26.3 Å². The summed E-state index contributed by atoms with van der Waals surface area (Å²) in [5, 5.41) is 7.92. The summed E-state index contributed by atoms with van der Waals surface area (Å²) in [4.78, 5) is 33.7. The highest BCUT2D eigenvalue weighted by atomic mass is 32.1. The van der Waals surface area contributed by atoms with Crippen molar-refractivity contribution < 1.29 is 14.3 Å². The highest BCUT2D eigenvalue weighted by Gasteiger charge is 2.54. The minimum absolute atomic E-state index is 0.0687. The molecule has 178 valence electrons. The van der Waals surface area contributed by atoms with Gasteiger partial charge in [0.25, 0.3) is 5.91 Å². The van der Waals surface area contributed by atoms with Crippen molar-refractivity contribution >= 4 is 28.9 Å². The van der Waals surface area contributed by atoms with Gasteiger partial charge in [-0.1, -0.05) is 35.9 Å². The fraction of sp³-hybridized carbons (Fsp3) is 0.308. The first kappa shape index (κ1) is 21.8. The fourth-order valence-corrected chi connectivity index (χ4v) is 5.98. The second-order valence-electron chi connectivity index (χ2n) is 9.27. The van der Waals surface area contributed by atoms with Crippen molar-refractivity contribution in [3.05, 3.63) is 71.1 Å². The van der Waals surface area contributed by atoms with Crippen LogP contribution in [0.2, 0.25) is 0 Å². The molecule has 6 rings (SSSR count). The quantitative estimate of drug-likeness (QED) is 0.453. The van der Waals surface area contributed by atoms with Gasteiger partial charge in [-0.25, -0.2) is 14.3 Å². The summed E-state index contributed by atoms with van der Waals surface area (Å²) in [6.07, 6.45) is 3.85. The van der Waals surface area contributed by atoms with Crippen LogP contribution in [0.5, 0.6) is 5.75 Å². The summed E-state index contributed by atoms with van der Waals surface area (Å²) >= 11 is 1.54. The van der Waals surface area contributed by atoms with Gasteiger partial charge in [-0.05, 0) is 49.8 Å². The average molecular weight is 488 g/mol. The molecular weight excluding hydrogens is 462 g/mol. The Hall–Kier alpha value is -3.72. The van der Waals surface area contributed by atoms with Gasteiger partial charge in [-0.15, -0.1) is 11.3 Å². The highest BCUT2D eigenvalue weighted by molar-refractivity contribution is 7.15. The van der Waals surface area contributed by atoms with Gasteiger partial charge in [0.1, 0.15) is 11.2 Å². The fourth-order valence-electron chi connectivity index (χ4n) is 5.07. The maximum atomic E-state index is 13.7. The summed E-state index contributed by atoms with van der Waals surface area (Å²) in [6.45, 7) is 5.01. The zero-order valence-electron chi connectivity index (χ0n) is 19.5. The molecule has 1 aromatic carbocycles. The molecule has 35 heavy (non-hydrogen) atoms. The maximum absolute atomic E-state index is 13.7. The number of carbonyl (C=O) groups excluding carboxylic acids is 2. The molecule has 1 saturated heterocycles. The summed E-state index contributed by atoms with van der Waals surface area (Å²) in [6, 6.07) is 13.6. The van der Waals surface area contributed by atoms with Crippen LogP contribution in [0.3, 0.4) is 0 Å². The van der Waals surface area contributed by atoms with Gasteiger partial charge in [-0.3, -0.25) is 4.79 Å². The van der Waals surface area contributed by atoms with E-state index in [0.717, 1.165) is 27.4 Å². The molecule has 4 heterocycles. The topological polar surface area (TPSA) is 88.8 Å². The Morgan fingerprint density at radius 2 is 2.09 bits per heavy atom. The van der Waals surface area contributed by atoms with Crippen LogP contribution < -0.4 is 10.1 Å². The second-order valence-corrected chi connectivity index (χ2v) is 10.5. The number of aryl methyl sites for hydroxylation is 2. The highest BCUT2D eigenvalue weighted by Crippen LogP contribution is 2.50. The van der Waals surface area contributed by atoms with E-state index in [2.05, 4.69) is 21.5 Å². The molecule has 2 amide bonds. The number of pyridine rings is 1. The van der Waals surface area contributed by atoms with Gasteiger partial charge in [-0.2, -0.15) is 5.10 Å². The Labute approximate surface area is 206 Å². The number of nitrogens with zero attached hydrogens (tertiary/aromatic N) is 4. The average Bonchev–Trinajstić information content (AvgIpc) is 3.16. The Kier molecular flexibility index (Phi) is 5.29. The lowest BCUT2D eigenvalue weighted by Gasteiger charge is -2.27. The first-order valence-corrected chi connectivity index (χ1v) is 12.5. The number of hydrogen-bond donors (Lipinski definition) is 1. The van der Waals surface area contributed by atoms with Gasteiger partial charge in [0, 0.05) is 19.3 Å². The van der Waals surface area contributed by atoms with Gasteiger partial charge in [0.2, 0.25) is 0 Å². The molecule has 9 heteroatoms. The molecule has 2 aliphatic rings. The molecule has 8 nitrogen and oxygen atoms in total. The third kappa shape index (κ3) is 4.05. The number of fused-ring (bicyclic) bond motifs is 2. The number of carbonyl (C=O) groups is 2. The summed E-state index contributed by atoms with van der Waals surface area (Å²) in [5.41, 5.74) is 3.36. The van der Waals surface area contributed by atoms with Crippen LogP contribution in [0, 0.1) is 25.7 Å². The minimum Gasteiger partial charge on any atom is -0.406 e. The van der Waals surface area contributed by atoms with E-state index in [1.54, 1.807) is 22.0 Å². The molecule has 1 N–H and O–H groups in total. The monoisotopic (exact) mass is 487 g/mol. The maximum Gasteiger partial charge on any atom is 0.412 e. The van der Waals surface area contributed by atoms with Gasteiger partial charge < -0.3 is 15.0 Å². The van der Waals surface area contributed by atoms with Crippen LogP contribution >= 0.6 is 11.3 Å². The van der Waals surface area contributed by atoms with E-state index >= 15 is 0 Å². The lowest BCUT2D eigenvalue weighted by molar-refractivity contribution is 0.0700. The van der Waals surface area contributed by atoms with E-state index in [9.17, 15) is 9.59 Å². The van der Waals surface area contributed by atoms with Crippen LogP contribution in [-0.2, 0) is 0 Å². The lowest BCUT2D eigenvalue weighted by Crippen LogP contribution is -2.46.